The molecule has 3 heteroatoms. The molecular weight excluding hydrogens is 186 g/mol. The van der Waals surface area contributed by atoms with Gasteiger partial charge in [-0.2, -0.15) is 10.5 Å². The van der Waals surface area contributed by atoms with Gasteiger partial charge >= 0.3 is 0 Å². The molecule has 78 valence electrons. The summed E-state index contributed by atoms with van der Waals surface area (Å²) in [5.74, 6) is 0. The normalized spacial score (nSPS) is 18.7. The highest BCUT2D eigenvalue weighted by molar-refractivity contribution is 5.49. The van der Waals surface area contributed by atoms with Gasteiger partial charge in [0.1, 0.15) is 17.7 Å². The van der Waals surface area contributed by atoms with Crippen LogP contribution in [0, 0.1) is 22.7 Å². The van der Waals surface area contributed by atoms with E-state index in [1.807, 2.05) is 26.2 Å². The second-order valence-electron chi connectivity index (χ2n) is 4.03. The average Bonchev–Trinajstić information content (AvgIpc) is 2.21. The minimum atomic E-state index is 0.294. The third kappa shape index (κ3) is 2.94. The lowest BCUT2D eigenvalue weighted by molar-refractivity contribution is -0.801. The second-order valence-corrected chi connectivity index (χ2v) is 4.03. The lowest BCUT2D eigenvalue weighted by atomic mass is 9.87. The zero-order valence-corrected chi connectivity index (χ0v) is 9.30. The molecule has 15 heavy (non-hydrogen) atoms. The van der Waals surface area contributed by atoms with Crippen molar-refractivity contribution >= 4 is 0 Å². The maximum absolute atomic E-state index is 8.87. The maximum atomic E-state index is 8.87. The van der Waals surface area contributed by atoms with E-state index in [1.165, 1.54) is 10.5 Å². The highest BCUT2D eigenvalue weighted by Gasteiger charge is 2.17. The van der Waals surface area contributed by atoms with Gasteiger partial charge in [0.05, 0.1) is 20.3 Å². The average molecular weight is 202 g/mol. The van der Waals surface area contributed by atoms with Crippen LogP contribution in [0.25, 0.3) is 0 Å². The standard InChI is InChI=1S/C12H15N3/c1-15(2)9-10-5-3-4-6-12(10)11(7-13)8-14/h9H,3-6H2,1-2H3/p+1. The van der Waals surface area contributed by atoms with Crippen LogP contribution in [0.5, 0.6) is 0 Å². The molecule has 0 unspecified atom stereocenters. The lowest BCUT2D eigenvalue weighted by Gasteiger charge is -2.17. The Morgan fingerprint density at radius 3 is 2.33 bits per heavy atom. The summed E-state index contributed by atoms with van der Waals surface area (Å²) in [7, 11) is 4.08. The molecule has 1 fully saturated rings. The van der Waals surface area contributed by atoms with E-state index in [4.69, 9.17) is 10.5 Å². The Morgan fingerprint density at radius 2 is 1.80 bits per heavy atom. The molecule has 1 aliphatic carbocycles. The van der Waals surface area contributed by atoms with Crippen molar-refractivity contribution in [2.45, 2.75) is 25.7 Å². The zero-order chi connectivity index (χ0) is 11.3. The fourth-order valence-corrected chi connectivity index (χ4v) is 1.88. The molecule has 0 saturated heterocycles. The molecule has 3 nitrogen and oxygen atoms in total. The van der Waals surface area contributed by atoms with Crippen molar-refractivity contribution in [3.63, 3.8) is 0 Å². The lowest BCUT2D eigenvalue weighted by Crippen LogP contribution is -3.00. The third-order valence-electron chi connectivity index (χ3n) is 2.50. The summed E-state index contributed by atoms with van der Waals surface area (Å²) in [6.45, 7) is 0. The van der Waals surface area contributed by atoms with E-state index in [2.05, 4.69) is 6.20 Å². The van der Waals surface area contributed by atoms with Crippen LogP contribution >= 0.6 is 0 Å². The molecule has 0 aromatic rings. The van der Waals surface area contributed by atoms with Crippen molar-refractivity contribution in [2.75, 3.05) is 14.1 Å². The SMILES string of the molecule is C[NH+](C)C=C1CCCCC1=C(C#N)C#N. The molecule has 0 aromatic heterocycles. The van der Waals surface area contributed by atoms with Crippen LogP contribution in [0.4, 0.5) is 0 Å². The van der Waals surface area contributed by atoms with Crippen LogP contribution in [0.2, 0.25) is 0 Å². The van der Waals surface area contributed by atoms with Gasteiger partial charge in [-0.15, -0.1) is 0 Å². The molecule has 0 aromatic carbocycles. The Kier molecular flexibility index (Phi) is 4.09. The number of allylic oxidation sites excluding steroid dienone is 3. The quantitative estimate of drug-likeness (QED) is 0.643. The first-order valence-electron chi connectivity index (χ1n) is 5.23. The molecule has 0 heterocycles. The molecule has 0 spiro atoms. The second kappa shape index (κ2) is 5.34. The van der Waals surface area contributed by atoms with Crippen LogP contribution < -0.4 is 4.90 Å². The van der Waals surface area contributed by atoms with Gasteiger partial charge < -0.3 is 4.90 Å². The number of nitriles is 2. The van der Waals surface area contributed by atoms with Crippen LogP contribution in [-0.2, 0) is 0 Å². The molecule has 0 bridgehead atoms. The number of quaternary nitrogens is 1. The van der Waals surface area contributed by atoms with Gasteiger partial charge in [0.15, 0.2) is 0 Å². The van der Waals surface area contributed by atoms with E-state index >= 15 is 0 Å². The molecule has 0 amide bonds. The van der Waals surface area contributed by atoms with Crippen LogP contribution in [0.1, 0.15) is 25.7 Å². The summed E-state index contributed by atoms with van der Waals surface area (Å²) in [6, 6.07) is 3.99. The smallest absolute Gasteiger partial charge is 0.133 e. The fourth-order valence-electron chi connectivity index (χ4n) is 1.88. The van der Waals surface area contributed by atoms with Crippen molar-refractivity contribution in [1.29, 1.82) is 10.5 Å². The third-order valence-corrected chi connectivity index (χ3v) is 2.50. The van der Waals surface area contributed by atoms with Crippen LogP contribution in [-0.4, -0.2) is 14.1 Å². The molecular formula is C12H16N3+. The van der Waals surface area contributed by atoms with Crippen molar-refractivity contribution in [3.8, 4) is 12.1 Å². The molecule has 1 saturated carbocycles. The summed E-state index contributed by atoms with van der Waals surface area (Å²) in [6.07, 6.45) is 6.21. The monoisotopic (exact) mass is 202 g/mol. The van der Waals surface area contributed by atoms with Crippen molar-refractivity contribution < 1.29 is 4.90 Å². The summed E-state index contributed by atoms with van der Waals surface area (Å²) < 4.78 is 0. The van der Waals surface area contributed by atoms with Gasteiger partial charge in [0.2, 0.25) is 0 Å². The van der Waals surface area contributed by atoms with E-state index in [9.17, 15) is 0 Å². The Morgan fingerprint density at radius 1 is 1.20 bits per heavy atom. The first kappa shape index (κ1) is 11.5. The Balaban J connectivity index is 3.10. The zero-order valence-electron chi connectivity index (χ0n) is 9.30. The van der Waals surface area contributed by atoms with Gasteiger partial charge in [-0.25, -0.2) is 0 Å². The predicted octanol–water partition coefficient (Wildman–Crippen LogP) is 0.933. The molecule has 1 N–H and O–H groups in total. The molecule has 1 rings (SSSR count). The Hall–Kier alpha value is -1.58. The van der Waals surface area contributed by atoms with Gasteiger partial charge in [-0.3, -0.25) is 0 Å². The van der Waals surface area contributed by atoms with Gasteiger partial charge in [-0.1, -0.05) is 0 Å². The molecule has 0 atom stereocenters. The fraction of sp³-hybridized carbons (Fsp3) is 0.500. The number of hydrogen-bond donors (Lipinski definition) is 1. The number of nitrogens with zero attached hydrogens (tertiary/aromatic N) is 2. The van der Waals surface area contributed by atoms with Crippen LogP contribution in [0.15, 0.2) is 22.9 Å². The van der Waals surface area contributed by atoms with Gasteiger partial charge in [-0.05, 0) is 31.3 Å². The number of nitrogens with one attached hydrogen (secondary N) is 1. The molecule has 0 radical (unpaired) electrons. The summed E-state index contributed by atoms with van der Waals surface area (Å²) in [5, 5.41) is 17.7. The topological polar surface area (TPSA) is 52.0 Å². The summed E-state index contributed by atoms with van der Waals surface area (Å²) in [4.78, 5) is 1.22. The van der Waals surface area contributed by atoms with Crippen molar-refractivity contribution in [1.82, 2.24) is 0 Å². The van der Waals surface area contributed by atoms with Crippen LogP contribution in [0.3, 0.4) is 0 Å². The largest absolute Gasteiger partial charge is 0.313 e. The Bertz CT molecular complexity index is 359. The van der Waals surface area contributed by atoms with E-state index in [-0.39, 0.29) is 0 Å². The Labute approximate surface area is 90.9 Å². The first-order valence-corrected chi connectivity index (χ1v) is 5.23. The van der Waals surface area contributed by atoms with Crippen molar-refractivity contribution in [3.05, 3.63) is 22.9 Å². The maximum Gasteiger partial charge on any atom is 0.133 e. The molecule has 1 aliphatic rings. The summed E-state index contributed by atoms with van der Waals surface area (Å²) in [5.41, 5.74) is 2.44. The van der Waals surface area contributed by atoms with E-state index in [1.54, 1.807) is 0 Å². The minimum Gasteiger partial charge on any atom is -0.313 e. The predicted molar refractivity (Wildman–Crippen MR) is 57.6 cm³/mol. The minimum absolute atomic E-state index is 0.294. The molecule has 0 aliphatic heterocycles. The first-order chi connectivity index (χ1) is 7.19. The van der Waals surface area contributed by atoms with Gasteiger partial charge in [0.25, 0.3) is 0 Å². The highest BCUT2D eigenvalue weighted by Crippen LogP contribution is 2.29. The van der Waals surface area contributed by atoms with Crippen molar-refractivity contribution in [2.24, 2.45) is 0 Å². The van der Waals surface area contributed by atoms with E-state index < -0.39 is 0 Å². The van der Waals surface area contributed by atoms with E-state index in [0.29, 0.717) is 5.57 Å². The number of rotatable bonds is 1. The van der Waals surface area contributed by atoms with E-state index in [0.717, 1.165) is 31.3 Å². The van der Waals surface area contributed by atoms with Gasteiger partial charge in [0, 0.05) is 5.57 Å². The summed E-state index contributed by atoms with van der Waals surface area (Å²) >= 11 is 0. The highest BCUT2D eigenvalue weighted by atomic mass is 15.0. The number of hydrogen-bond acceptors (Lipinski definition) is 2.